The first-order chi connectivity index (χ1) is 12.5. The van der Waals surface area contributed by atoms with Crippen LogP contribution < -0.4 is 4.74 Å². The lowest BCUT2D eigenvalue weighted by Crippen LogP contribution is -2.41. The lowest BCUT2D eigenvalue weighted by atomic mass is 10.2. The maximum atomic E-state index is 12.5. The lowest BCUT2D eigenvalue weighted by Gasteiger charge is -2.18. The van der Waals surface area contributed by atoms with Crippen LogP contribution in [0.1, 0.15) is 12.5 Å². The van der Waals surface area contributed by atoms with Gasteiger partial charge in [0, 0.05) is 0 Å². The number of amides is 1. The number of para-hydroxylation sites is 1. The second-order valence-corrected chi connectivity index (χ2v) is 7.23. The van der Waals surface area contributed by atoms with Crippen LogP contribution in [0.3, 0.4) is 0 Å². The Morgan fingerprint density at radius 1 is 1.19 bits per heavy atom. The Morgan fingerprint density at radius 2 is 1.88 bits per heavy atom. The van der Waals surface area contributed by atoms with Gasteiger partial charge in [0.05, 0.1) is 4.91 Å². The largest absolute Gasteiger partial charge is 0.480 e. The zero-order valence-electron chi connectivity index (χ0n) is 13.8. The second kappa shape index (κ2) is 7.72. The number of nitrogens with zero attached hydrogens (tertiary/aromatic N) is 1. The van der Waals surface area contributed by atoms with Crippen LogP contribution in [0.4, 0.5) is 0 Å². The fraction of sp³-hybridized carbons (Fsp3) is 0.105. The van der Waals surface area contributed by atoms with Gasteiger partial charge >= 0.3 is 5.97 Å². The third-order valence-corrected chi connectivity index (χ3v) is 5.03. The first-order valence-corrected chi connectivity index (χ1v) is 9.01. The van der Waals surface area contributed by atoms with Gasteiger partial charge in [0.15, 0.2) is 0 Å². The molecule has 0 spiro atoms. The van der Waals surface area contributed by atoms with Crippen molar-refractivity contribution in [1.82, 2.24) is 4.90 Å². The topological polar surface area (TPSA) is 66.8 Å². The summed E-state index contributed by atoms with van der Waals surface area (Å²) in [4.78, 5) is 25.2. The van der Waals surface area contributed by atoms with E-state index in [2.05, 4.69) is 0 Å². The zero-order chi connectivity index (χ0) is 18.7. The summed E-state index contributed by atoms with van der Waals surface area (Å²) in [6.07, 6.45) is 1.69. The Morgan fingerprint density at radius 3 is 2.58 bits per heavy atom. The number of thioether (sulfide) groups is 1. The summed E-state index contributed by atoms with van der Waals surface area (Å²) in [6, 6.07) is 15.7. The van der Waals surface area contributed by atoms with E-state index in [4.69, 9.17) is 22.1 Å². The highest BCUT2D eigenvalue weighted by Crippen LogP contribution is 2.34. The smallest absolute Gasteiger partial charge is 0.326 e. The Kier molecular flexibility index (Phi) is 5.39. The van der Waals surface area contributed by atoms with Crippen molar-refractivity contribution in [3.8, 4) is 11.5 Å². The summed E-state index contributed by atoms with van der Waals surface area (Å²) in [5, 5.41) is 9.13. The van der Waals surface area contributed by atoms with Crippen molar-refractivity contribution in [3.63, 3.8) is 0 Å². The molecular formula is C19H15NO4S2. The molecule has 1 amide bonds. The van der Waals surface area contributed by atoms with E-state index in [0.717, 1.165) is 22.2 Å². The summed E-state index contributed by atoms with van der Waals surface area (Å²) in [7, 11) is 0. The molecule has 0 saturated carbocycles. The van der Waals surface area contributed by atoms with Crippen molar-refractivity contribution in [3.05, 3.63) is 65.1 Å². The van der Waals surface area contributed by atoms with E-state index < -0.39 is 17.9 Å². The molecular weight excluding hydrogens is 370 g/mol. The molecule has 1 unspecified atom stereocenters. The molecule has 2 aromatic rings. The van der Waals surface area contributed by atoms with E-state index in [1.165, 1.54) is 6.92 Å². The molecule has 1 aliphatic rings. The van der Waals surface area contributed by atoms with E-state index >= 15 is 0 Å². The summed E-state index contributed by atoms with van der Waals surface area (Å²) in [6.45, 7) is 1.43. The third kappa shape index (κ3) is 3.95. The quantitative estimate of drug-likeness (QED) is 0.616. The van der Waals surface area contributed by atoms with Crippen molar-refractivity contribution < 1.29 is 19.4 Å². The molecule has 2 aromatic carbocycles. The van der Waals surface area contributed by atoms with Crippen LogP contribution in [-0.2, 0) is 9.59 Å². The number of rotatable bonds is 5. The minimum absolute atomic E-state index is 0.243. The first-order valence-electron chi connectivity index (χ1n) is 7.78. The third-order valence-electron chi connectivity index (χ3n) is 3.70. The number of benzene rings is 2. The van der Waals surface area contributed by atoms with Crippen molar-refractivity contribution in [2.24, 2.45) is 0 Å². The number of ether oxygens (including phenoxy) is 1. The molecule has 1 aliphatic heterocycles. The van der Waals surface area contributed by atoms with Crippen LogP contribution in [0, 0.1) is 0 Å². The summed E-state index contributed by atoms with van der Waals surface area (Å²) in [5.41, 5.74) is 0.766. The van der Waals surface area contributed by atoms with Crippen LogP contribution >= 0.6 is 24.0 Å². The summed E-state index contributed by atoms with van der Waals surface area (Å²) in [5.74, 6) is -0.143. The molecule has 1 heterocycles. The average molecular weight is 385 g/mol. The predicted molar refractivity (Wildman–Crippen MR) is 105 cm³/mol. The van der Waals surface area contributed by atoms with Gasteiger partial charge in [-0.3, -0.25) is 9.69 Å². The number of carboxylic acid groups (broad SMARTS) is 1. The fourth-order valence-corrected chi connectivity index (χ4v) is 3.79. The maximum Gasteiger partial charge on any atom is 0.326 e. The SMILES string of the molecule is CC(C(=O)O)N1C(=O)/C(=C/c2cccc(Oc3ccccc3)c2)SC1=S. The first kappa shape index (κ1) is 18.2. The van der Waals surface area contributed by atoms with E-state index in [1.807, 2.05) is 48.5 Å². The fourth-order valence-electron chi connectivity index (χ4n) is 2.37. The second-order valence-electron chi connectivity index (χ2n) is 5.55. The molecule has 1 atom stereocenters. The lowest BCUT2D eigenvalue weighted by molar-refractivity contribution is -0.144. The van der Waals surface area contributed by atoms with Crippen LogP contribution in [0.2, 0.25) is 0 Å². The van der Waals surface area contributed by atoms with Gasteiger partial charge in [0.2, 0.25) is 0 Å². The van der Waals surface area contributed by atoms with Crippen LogP contribution in [-0.4, -0.2) is 32.2 Å². The number of carboxylic acids is 1. The highest BCUT2D eigenvalue weighted by molar-refractivity contribution is 8.26. The number of thiocarbonyl (C=S) groups is 1. The highest BCUT2D eigenvalue weighted by atomic mass is 32.2. The molecule has 0 radical (unpaired) electrons. The Labute approximate surface area is 160 Å². The van der Waals surface area contributed by atoms with Crippen LogP contribution in [0.5, 0.6) is 11.5 Å². The van der Waals surface area contributed by atoms with Gasteiger partial charge in [-0.25, -0.2) is 4.79 Å². The molecule has 1 fully saturated rings. The maximum absolute atomic E-state index is 12.5. The highest BCUT2D eigenvalue weighted by Gasteiger charge is 2.38. The predicted octanol–water partition coefficient (Wildman–Crippen LogP) is 4.15. The van der Waals surface area contributed by atoms with Gasteiger partial charge in [-0.15, -0.1) is 0 Å². The minimum atomic E-state index is -1.10. The molecule has 132 valence electrons. The number of hydrogen-bond donors (Lipinski definition) is 1. The van der Waals surface area contributed by atoms with E-state index in [-0.39, 0.29) is 4.32 Å². The Bertz CT molecular complexity index is 895. The molecule has 1 N–H and O–H groups in total. The normalized spacial score (nSPS) is 16.8. The van der Waals surface area contributed by atoms with E-state index in [0.29, 0.717) is 16.4 Å². The molecule has 0 aromatic heterocycles. The number of carbonyl (C=O) groups is 2. The minimum Gasteiger partial charge on any atom is -0.480 e. The van der Waals surface area contributed by atoms with Crippen molar-refractivity contribution in [2.75, 3.05) is 0 Å². The monoisotopic (exact) mass is 385 g/mol. The van der Waals surface area contributed by atoms with Gasteiger partial charge < -0.3 is 9.84 Å². The zero-order valence-corrected chi connectivity index (χ0v) is 15.4. The number of aliphatic carboxylic acids is 1. The van der Waals surface area contributed by atoms with E-state index in [1.54, 1.807) is 12.1 Å². The standard InChI is InChI=1S/C19H15NO4S2/c1-12(18(22)23)20-17(21)16(26-19(20)25)11-13-6-5-9-15(10-13)24-14-7-3-2-4-8-14/h2-12H,1H3,(H,22,23)/b16-11-. The van der Waals surface area contributed by atoms with Crippen molar-refractivity contribution in [2.45, 2.75) is 13.0 Å². The molecule has 0 bridgehead atoms. The van der Waals surface area contributed by atoms with Gasteiger partial charge in [0.25, 0.3) is 5.91 Å². The Hall–Kier alpha value is -2.64. The number of carbonyl (C=O) groups excluding carboxylic acids is 1. The van der Waals surface area contributed by atoms with Crippen molar-refractivity contribution >= 4 is 46.3 Å². The Balaban J connectivity index is 1.82. The van der Waals surface area contributed by atoms with Gasteiger partial charge in [-0.2, -0.15) is 0 Å². The molecule has 3 rings (SSSR count). The molecule has 7 heteroatoms. The van der Waals surface area contributed by atoms with E-state index in [9.17, 15) is 9.59 Å². The molecule has 26 heavy (non-hydrogen) atoms. The van der Waals surface area contributed by atoms with Gasteiger partial charge in [0.1, 0.15) is 21.9 Å². The molecule has 0 aliphatic carbocycles. The molecule has 1 saturated heterocycles. The van der Waals surface area contributed by atoms with Crippen LogP contribution in [0.25, 0.3) is 6.08 Å². The van der Waals surface area contributed by atoms with Crippen LogP contribution in [0.15, 0.2) is 59.5 Å². The van der Waals surface area contributed by atoms with Gasteiger partial charge in [-0.1, -0.05) is 54.3 Å². The van der Waals surface area contributed by atoms with Gasteiger partial charge in [-0.05, 0) is 42.8 Å². The average Bonchev–Trinajstić information content (AvgIpc) is 2.89. The summed E-state index contributed by atoms with van der Waals surface area (Å²) >= 11 is 6.26. The van der Waals surface area contributed by atoms with Crippen molar-refractivity contribution in [1.29, 1.82) is 0 Å². The number of hydrogen-bond acceptors (Lipinski definition) is 5. The molecule has 5 nitrogen and oxygen atoms in total. The summed E-state index contributed by atoms with van der Waals surface area (Å²) < 4.78 is 6.03.